The van der Waals surface area contributed by atoms with E-state index in [1.165, 1.54) is 12.7 Å². The maximum Gasteiger partial charge on any atom is 0.305 e. The molecule has 156 valence electrons. The summed E-state index contributed by atoms with van der Waals surface area (Å²) in [5, 5.41) is 29.5. The van der Waals surface area contributed by atoms with E-state index in [4.69, 9.17) is 5.11 Å². The first-order chi connectivity index (χ1) is 13.0. The molecule has 5 heteroatoms. The number of hydrogen-bond acceptors (Lipinski definition) is 5. The molecule has 2 aliphatic carbocycles. The largest absolute Gasteiger partial charge is 0.469 e. The van der Waals surface area contributed by atoms with E-state index >= 15 is 0 Å². The second-order valence-corrected chi connectivity index (χ2v) is 8.43. The summed E-state index contributed by atoms with van der Waals surface area (Å²) in [7, 11) is 1.43. The van der Waals surface area contributed by atoms with Crippen LogP contribution in [0, 0.1) is 17.8 Å². The van der Waals surface area contributed by atoms with Crippen molar-refractivity contribution < 1.29 is 24.9 Å². The van der Waals surface area contributed by atoms with Gasteiger partial charge in [0.05, 0.1) is 19.3 Å². The molecule has 0 saturated heterocycles. The fourth-order valence-electron chi connectivity index (χ4n) is 5.00. The van der Waals surface area contributed by atoms with Gasteiger partial charge in [-0.05, 0) is 75.5 Å². The van der Waals surface area contributed by atoms with Crippen molar-refractivity contribution >= 4 is 5.97 Å². The van der Waals surface area contributed by atoms with Crippen molar-refractivity contribution in [1.82, 2.24) is 0 Å². The number of ether oxygens (including phenoxy) is 1. The molecule has 3 N–H and O–H groups in total. The van der Waals surface area contributed by atoms with E-state index in [1.54, 1.807) is 0 Å². The number of carbonyl (C=O) groups is 1. The maximum absolute atomic E-state index is 11.2. The Bertz CT molecular complexity index is 475. The van der Waals surface area contributed by atoms with Gasteiger partial charge in [-0.1, -0.05) is 24.5 Å². The summed E-state index contributed by atoms with van der Waals surface area (Å²) < 4.78 is 4.67. The Balaban J connectivity index is 1.71. The number of esters is 1. The van der Waals surface area contributed by atoms with Gasteiger partial charge in [0, 0.05) is 13.0 Å². The molecule has 2 saturated carbocycles. The molecule has 5 atom stereocenters. The Morgan fingerprint density at radius 1 is 1.22 bits per heavy atom. The van der Waals surface area contributed by atoms with Gasteiger partial charge in [-0.15, -0.1) is 0 Å². The predicted molar refractivity (Wildman–Crippen MR) is 105 cm³/mol. The highest BCUT2D eigenvalue weighted by atomic mass is 16.5. The number of rotatable bonds is 12. The van der Waals surface area contributed by atoms with Crippen LogP contribution in [0.3, 0.4) is 0 Å². The number of aliphatic hydroxyl groups is 3. The highest BCUT2D eigenvalue weighted by molar-refractivity contribution is 5.69. The molecule has 0 aromatic rings. The molecule has 2 aliphatic rings. The summed E-state index contributed by atoms with van der Waals surface area (Å²) in [6, 6.07) is 0. The molecule has 1 unspecified atom stereocenters. The normalized spacial score (nSPS) is 29.9. The Hall–Kier alpha value is -0.910. The first-order valence-electron chi connectivity index (χ1n) is 10.8. The van der Waals surface area contributed by atoms with E-state index in [2.05, 4.69) is 10.8 Å². The van der Waals surface area contributed by atoms with E-state index in [0.717, 1.165) is 70.6 Å². The Labute approximate surface area is 163 Å². The quantitative estimate of drug-likeness (QED) is 0.274. The number of methoxy groups -OCH3 is 1. The maximum atomic E-state index is 11.2. The van der Waals surface area contributed by atoms with Crippen molar-refractivity contribution in [3.05, 3.63) is 11.6 Å². The molecule has 0 bridgehead atoms. The van der Waals surface area contributed by atoms with Gasteiger partial charge in [0.15, 0.2) is 0 Å². The minimum absolute atomic E-state index is 0.144. The molecule has 5 nitrogen and oxygen atoms in total. The summed E-state index contributed by atoms with van der Waals surface area (Å²) in [6.07, 6.45) is 12.3. The highest BCUT2D eigenvalue weighted by Crippen LogP contribution is 2.51. The van der Waals surface area contributed by atoms with Crippen LogP contribution in [0.4, 0.5) is 0 Å². The molecule has 2 fully saturated rings. The first-order valence-corrected chi connectivity index (χ1v) is 10.8. The van der Waals surface area contributed by atoms with Crippen molar-refractivity contribution in [3.8, 4) is 0 Å². The third kappa shape index (κ3) is 7.20. The zero-order valence-electron chi connectivity index (χ0n) is 16.8. The van der Waals surface area contributed by atoms with Crippen LogP contribution in [0.15, 0.2) is 11.6 Å². The lowest BCUT2D eigenvalue weighted by atomic mass is 9.86. The standard InChI is InChI=1S/C22H38O5/c1-27-22(26)9-5-4-7-16-13-17-15-21(25)19(20(17)14-16)11-10-18(24)8-3-2-6-12-23/h7,17-21,23-25H,2-6,8-15H2,1H3/t17-,18?,19+,20-,21+/m1/s1. The molecule has 0 spiro atoms. The summed E-state index contributed by atoms with van der Waals surface area (Å²) in [5.74, 6) is 1.30. The SMILES string of the molecule is COC(=O)CCCC=C1C[C@@H]2C[C@H](O)[C@@H](CCC(O)CCCCCO)[C@@H]2C1. The minimum Gasteiger partial charge on any atom is -0.469 e. The Morgan fingerprint density at radius 3 is 2.78 bits per heavy atom. The molecular weight excluding hydrogens is 344 g/mol. The van der Waals surface area contributed by atoms with Crippen molar-refractivity contribution in [3.63, 3.8) is 0 Å². The van der Waals surface area contributed by atoms with Crippen LogP contribution in [-0.4, -0.2) is 47.2 Å². The number of carbonyl (C=O) groups excluding carboxylic acids is 1. The molecule has 0 amide bonds. The molecule has 0 aliphatic heterocycles. The predicted octanol–water partition coefficient (Wildman–Crippen LogP) is 3.36. The Morgan fingerprint density at radius 2 is 2.04 bits per heavy atom. The third-order valence-electron chi connectivity index (χ3n) is 6.49. The zero-order chi connectivity index (χ0) is 19.6. The first kappa shape index (κ1) is 22.4. The van der Waals surface area contributed by atoms with Crippen LogP contribution in [0.1, 0.15) is 77.0 Å². The number of hydrogen-bond donors (Lipinski definition) is 3. The average molecular weight is 383 g/mol. The van der Waals surface area contributed by atoms with Gasteiger partial charge in [0.1, 0.15) is 0 Å². The molecule has 0 heterocycles. The molecular formula is C22H38O5. The second kappa shape index (κ2) is 11.8. The average Bonchev–Trinajstić information content (AvgIpc) is 3.16. The highest BCUT2D eigenvalue weighted by Gasteiger charge is 2.45. The van der Waals surface area contributed by atoms with Crippen LogP contribution in [-0.2, 0) is 9.53 Å². The fourth-order valence-corrected chi connectivity index (χ4v) is 5.00. The second-order valence-electron chi connectivity index (χ2n) is 8.43. The van der Waals surface area contributed by atoms with Crippen LogP contribution in [0.2, 0.25) is 0 Å². The molecule has 0 aromatic heterocycles. The molecule has 0 aromatic carbocycles. The monoisotopic (exact) mass is 382 g/mol. The molecule has 27 heavy (non-hydrogen) atoms. The lowest BCUT2D eigenvalue weighted by molar-refractivity contribution is -0.140. The number of allylic oxidation sites excluding steroid dienone is 2. The van der Waals surface area contributed by atoms with E-state index < -0.39 is 0 Å². The van der Waals surface area contributed by atoms with E-state index in [1.807, 2.05) is 0 Å². The fraction of sp³-hybridized carbons (Fsp3) is 0.864. The van der Waals surface area contributed by atoms with Gasteiger partial charge in [0.25, 0.3) is 0 Å². The van der Waals surface area contributed by atoms with Gasteiger partial charge < -0.3 is 20.1 Å². The van der Waals surface area contributed by atoms with Crippen LogP contribution >= 0.6 is 0 Å². The van der Waals surface area contributed by atoms with Gasteiger partial charge in [0.2, 0.25) is 0 Å². The van der Waals surface area contributed by atoms with Crippen LogP contribution in [0.5, 0.6) is 0 Å². The van der Waals surface area contributed by atoms with Gasteiger partial charge >= 0.3 is 5.97 Å². The zero-order valence-corrected chi connectivity index (χ0v) is 16.8. The van der Waals surface area contributed by atoms with Crippen molar-refractivity contribution in [1.29, 1.82) is 0 Å². The van der Waals surface area contributed by atoms with Gasteiger partial charge in [-0.25, -0.2) is 0 Å². The van der Waals surface area contributed by atoms with Crippen molar-refractivity contribution in [2.75, 3.05) is 13.7 Å². The summed E-state index contributed by atoms with van der Waals surface area (Å²) in [4.78, 5) is 11.2. The molecule has 0 radical (unpaired) electrons. The van der Waals surface area contributed by atoms with Crippen LogP contribution in [0.25, 0.3) is 0 Å². The number of unbranched alkanes of at least 4 members (excludes halogenated alkanes) is 3. The smallest absolute Gasteiger partial charge is 0.305 e. The summed E-state index contributed by atoms with van der Waals surface area (Å²) >= 11 is 0. The lowest BCUT2D eigenvalue weighted by Crippen LogP contribution is -2.21. The Kier molecular flexibility index (Phi) is 9.80. The van der Waals surface area contributed by atoms with E-state index in [0.29, 0.717) is 24.2 Å². The lowest BCUT2D eigenvalue weighted by Gasteiger charge is -2.22. The van der Waals surface area contributed by atoms with Gasteiger partial charge in [-0.2, -0.15) is 0 Å². The topological polar surface area (TPSA) is 87.0 Å². The van der Waals surface area contributed by atoms with E-state index in [9.17, 15) is 15.0 Å². The number of aliphatic hydroxyl groups excluding tert-OH is 3. The number of fused-ring (bicyclic) bond motifs is 1. The third-order valence-corrected chi connectivity index (χ3v) is 6.49. The molecule has 2 rings (SSSR count). The van der Waals surface area contributed by atoms with Gasteiger partial charge in [-0.3, -0.25) is 4.79 Å². The summed E-state index contributed by atoms with van der Waals surface area (Å²) in [6.45, 7) is 0.228. The summed E-state index contributed by atoms with van der Waals surface area (Å²) in [5.41, 5.74) is 1.48. The van der Waals surface area contributed by atoms with Crippen molar-refractivity contribution in [2.24, 2.45) is 17.8 Å². The van der Waals surface area contributed by atoms with Crippen molar-refractivity contribution in [2.45, 2.75) is 89.3 Å². The minimum atomic E-state index is -0.287. The van der Waals surface area contributed by atoms with Crippen LogP contribution < -0.4 is 0 Å². The van der Waals surface area contributed by atoms with E-state index in [-0.39, 0.29) is 24.8 Å².